The second kappa shape index (κ2) is 7.26. The maximum atomic E-state index is 5.79. The molecule has 0 spiro atoms. The predicted molar refractivity (Wildman–Crippen MR) is 78.9 cm³/mol. The number of methoxy groups -OCH3 is 1. The number of ether oxygens (including phenoxy) is 1. The first-order chi connectivity index (χ1) is 8.52. The number of hydrogen-bond acceptors (Lipinski definition) is 2. The molecule has 100 valence electrons. The Morgan fingerprint density at radius 1 is 1.50 bits per heavy atom. The molecular formula is C13H20BrN3O. The molecule has 1 aromatic carbocycles. The van der Waals surface area contributed by atoms with Crippen molar-refractivity contribution in [2.24, 2.45) is 16.6 Å². The topological polar surface area (TPSA) is 59.6 Å². The summed E-state index contributed by atoms with van der Waals surface area (Å²) in [5.74, 6) is 1.82. The third-order valence-electron chi connectivity index (χ3n) is 2.35. The lowest BCUT2D eigenvalue weighted by molar-refractivity contribution is 0.410. The summed E-state index contributed by atoms with van der Waals surface area (Å²) in [7, 11) is 1.65. The molecule has 0 atom stereocenters. The van der Waals surface area contributed by atoms with Crippen molar-refractivity contribution in [3.8, 4) is 5.75 Å². The van der Waals surface area contributed by atoms with Gasteiger partial charge in [0, 0.05) is 16.6 Å². The number of benzene rings is 1. The highest BCUT2D eigenvalue weighted by atomic mass is 79.9. The Morgan fingerprint density at radius 3 is 2.83 bits per heavy atom. The van der Waals surface area contributed by atoms with Gasteiger partial charge < -0.3 is 15.8 Å². The molecule has 0 saturated carbocycles. The third kappa shape index (κ3) is 4.96. The second-order valence-corrected chi connectivity index (χ2v) is 5.35. The first-order valence-corrected chi connectivity index (χ1v) is 6.68. The lowest BCUT2D eigenvalue weighted by Crippen LogP contribution is -2.34. The van der Waals surface area contributed by atoms with Crippen molar-refractivity contribution in [3.05, 3.63) is 28.2 Å². The van der Waals surface area contributed by atoms with E-state index >= 15 is 0 Å². The number of nitrogens with two attached hydrogens (primary N) is 1. The molecule has 0 fully saturated rings. The molecule has 0 amide bonds. The van der Waals surface area contributed by atoms with Gasteiger partial charge in [0.15, 0.2) is 5.96 Å². The van der Waals surface area contributed by atoms with Crippen molar-refractivity contribution >= 4 is 21.9 Å². The molecular weight excluding hydrogens is 294 g/mol. The first-order valence-electron chi connectivity index (χ1n) is 5.89. The molecule has 18 heavy (non-hydrogen) atoms. The van der Waals surface area contributed by atoms with Crippen LogP contribution < -0.4 is 15.8 Å². The van der Waals surface area contributed by atoms with E-state index in [1.54, 1.807) is 7.11 Å². The van der Waals surface area contributed by atoms with E-state index in [4.69, 9.17) is 10.5 Å². The van der Waals surface area contributed by atoms with Gasteiger partial charge in [-0.25, -0.2) is 4.99 Å². The number of nitrogens with zero attached hydrogens (tertiary/aromatic N) is 1. The van der Waals surface area contributed by atoms with Crippen molar-refractivity contribution in [2.75, 3.05) is 13.7 Å². The zero-order valence-corrected chi connectivity index (χ0v) is 12.6. The van der Waals surface area contributed by atoms with Gasteiger partial charge in [-0.1, -0.05) is 29.8 Å². The van der Waals surface area contributed by atoms with Crippen LogP contribution in [0.15, 0.2) is 27.7 Å². The normalized spacial score (nSPS) is 11.7. The van der Waals surface area contributed by atoms with Crippen molar-refractivity contribution in [1.82, 2.24) is 5.32 Å². The van der Waals surface area contributed by atoms with Crippen LogP contribution in [0.25, 0.3) is 0 Å². The number of rotatable bonds is 5. The summed E-state index contributed by atoms with van der Waals surface area (Å²) in [5.41, 5.74) is 6.79. The Hall–Kier alpha value is -1.23. The Kier molecular flexibility index (Phi) is 5.98. The van der Waals surface area contributed by atoms with Gasteiger partial charge in [-0.3, -0.25) is 0 Å². The fraction of sp³-hybridized carbons (Fsp3) is 0.462. The van der Waals surface area contributed by atoms with Crippen LogP contribution in [0.2, 0.25) is 0 Å². The third-order valence-corrected chi connectivity index (χ3v) is 2.85. The van der Waals surface area contributed by atoms with Crippen LogP contribution in [-0.4, -0.2) is 19.6 Å². The van der Waals surface area contributed by atoms with Gasteiger partial charge in [0.25, 0.3) is 0 Å². The Morgan fingerprint density at radius 2 is 2.22 bits per heavy atom. The van der Waals surface area contributed by atoms with Gasteiger partial charge in [-0.05, 0) is 24.1 Å². The maximum absolute atomic E-state index is 5.79. The van der Waals surface area contributed by atoms with Gasteiger partial charge in [0.2, 0.25) is 0 Å². The second-order valence-electron chi connectivity index (χ2n) is 4.43. The summed E-state index contributed by atoms with van der Waals surface area (Å²) in [6, 6.07) is 5.83. The van der Waals surface area contributed by atoms with Crippen LogP contribution in [0, 0.1) is 5.92 Å². The highest BCUT2D eigenvalue weighted by molar-refractivity contribution is 9.10. The highest BCUT2D eigenvalue weighted by Crippen LogP contribution is 2.23. The number of hydrogen-bond donors (Lipinski definition) is 2. The molecule has 5 heteroatoms. The SMILES string of the molecule is COc1ccc(Br)cc1CN=C(N)NCC(C)C. The molecule has 0 aliphatic carbocycles. The lowest BCUT2D eigenvalue weighted by Gasteiger charge is -2.09. The van der Waals surface area contributed by atoms with Crippen LogP contribution in [-0.2, 0) is 6.54 Å². The zero-order valence-electron chi connectivity index (χ0n) is 11.0. The lowest BCUT2D eigenvalue weighted by atomic mass is 10.2. The summed E-state index contributed by atoms with van der Waals surface area (Å²) in [5, 5.41) is 3.08. The molecule has 1 rings (SSSR count). The average Bonchev–Trinajstić information content (AvgIpc) is 2.34. The molecule has 0 aromatic heterocycles. The molecule has 1 aromatic rings. The van der Waals surface area contributed by atoms with Crippen molar-refractivity contribution in [3.63, 3.8) is 0 Å². The summed E-state index contributed by atoms with van der Waals surface area (Å²) >= 11 is 3.43. The molecule has 0 aliphatic rings. The Balaban J connectivity index is 2.66. The van der Waals surface area contributed by atoms with Gasteiger partial charge >= 0.3 is 0 Å². The van der Waals surface area contributed by atoms with Crippen molar-refractivity contribution < 1.29 is 4.74 Å². The van der Waals surface area contributed by atoms with Crippen LogP contribution in [0.1, 0.15) is 19.4 Å². The van der Waals surface area contributed by atoms with E-state index in [9.17, 15) is 0 Å². The van der Waals surface area contributed by atoms with Crippen molar-refractivity contribution in [1.29, 1.82) is 0 Å². The van der Waals surface area contributed by atoms with Gasteiger partial charge in [0.05, 0.1) is 13.7 Å². The van der Waals surface area contributed by atoms with Crippen molar-refractivity contribution in [2.45, 2.75) is 20.4 Å². The van der Waals surface area contributed by atoms with Gasteiger partial charge in [-0.2, -0.15) is 0 Å². The number of guanidine groups is 1. The number of nitrogens with one attached hydrogen (secondary N) is 1. The van der Waals surface area contributed by atoms with E-state index in [1.165, 1.54) is 0 Å². The van der Waals surface area contributed by atoms with Crippen LogP contribution >= 0.6 is 15.9 Å². The molecule has 0 radical (unpaired) electrons. The molecule has 0 unspecified atom stereocenters. The van der Waals surface area contributed by atoms with Crippen LogP contribution in [0.5, 0.6) is 5.75 Å². The van der Waals surface area contributed by atoms with Gasteiger partial charge in [-0.15, -0.1) is 0 Å². The largest absolute Gasteiger partial charge is 0.496 e. The van der Waals surface area contributed by atoms with E-state index in [0.717, 1.165) is 22.3 Å². The Labute approximate surface area is 117 Å². The fourth-order valence-electron chi connectivity index (χ4n) is 1.41. The minimum absolute atomic E-state index is 0.464. The predicted octanol–water partition coefficient (Wildman–Crippen LogP) is 2.52. The molecule has 0 heterocycles. The van der Waals surface area contributed by atoms with Crippen LogP contribution in [0.3, 0.4) is 0 Å². The molecule has 3 N–H and O–H groups in total. The summed E-state index contributed by atoms with van der Waals surface area (Å²) in [4.78, 5) is 4.30. The van der Waals surface area contributed by atoms with E-state index in [-0.39, 0.29) is 0 Å². The average molecular weight is 314 g/mol. The smallest absolute Gasteiger partial charge is 0.188 e. The van der Waals surface area contributed by atoms with E-state index in [2.05, 4.69) is 40.1 Å². The highest BCUT2D eigenvalue weighted by Gasteiger charge is 2.03. The molecule has 0 bridgehead atoms. The van der Waals surface area contributed by atoms with Gasteiger partial charge in [0.1, 0.15) is 5.75 Å². The van der Waals surface area contributed by atoms with Crippen LogP contribution in [0.4, 0.5) is 0 Å². The van der Waals surface area contributed by atoms with E-state index < -0.39 is 0 Å². The summed E-state index contributed by atoms with van der Waals surface area (Å²) < 4.78 is 6.28. The number of aliphatic imine (C=N–C) groups is 1. The summed E-state index contributed by atoms with van der Waals surface area (Å²) in [6.07, 6.45) is 0. The zero-order chi connectivity index (χ0) is 13.5. The molecule has 0 saturated heterocycles. The maximum Gasteiger partial charge on any atom is 0.188 e. The van der Waals surface area contributed by atoms with E-state index in [1.807, 2.05) is 18.2 Å². The minimum atomic E-state index is 0.464. The fourth-order valence-corrected chi connectivity index (χ4v) is 1.81. The quantitative estimate of drug-likeness (QED) is 0.648. The minimum Gasteiger partial charge on any atom is -0.496 e. The van der Waals surface area contributed by atoms with E-state index in [0.29, 0.717) is 18.4 Å². The summed E-state index contributed by atoms with van der Waals surface area (Å²) in [6.45, 7) is 5.57. The standard InChI is InChI=1S/C13H20BrN3O/c1-9(2)7-16-13(15)17-8-10-6-11(14)4-5-12(10)18-3/h4-6,9H,7-8H2,1-3H3,(H3,15,16,17). The number of halogens is 1. The molecule has 4 nitrogen and oxygen atoms in total. The molecule has 0 aliphatic heterocycles. The Bertz CT molecular complexity index is 419. The first kappa shape index (κ1) is 14.8. The monoisotopic (exact) mass is 313 g/mol.